The minimum atomic E-state index is -0.580. The van der Waals surface area contributed by atoms with Crippen LogP contribution >= 0.6 is 0 Å². The molecule has 0 aromatic heterocycles. The molecule has 35 heavy (non-hydrogen) atoms. The molecule has 8 nitrogen and oxygen atoms in total. The summed E-state index contributed by atoms with van der Waals surface area (Å²) in [6, 6.07) is 14.1. The lowest BCUT2D eigenvalue weighted by Crippen LogP contribution is -2.17. The molecule has 2 aromatic carbocycles. The number of ether oxygens (including phenoxy) is 4. The van der Waals surface area contributed by atoms with Gasteiger partial charge in [-0.2, -0.15) is 0 Å². The van der Waals surface area contributed by atoms with E-state index in [-0.39, 0.29) is 19.2 Å². The average Bonchev–Trinajstić information content (AvgIpc) is 2.85. The van der Waals surface area contributed by atoms with Crippen molar-refractivity contribution in [1.82, 2.24) is 0 Å². The summed E-state index contributed by atoms with van der Waals surface area (Å²) in [5.41, 5.74) is 2.16. The van der Waals surface area contributed by atoms with Gasteiger partial charge in [0.25, 0.3) is 0 Å². The maximum Gasteiger partial charge on any atom is 0.412 e. The number of aliphatic hydroxyl groups excluding tert-OH is 1. The van der Waals surface area contributed by atoms with Crippen molar-refractivity contribution < 1.29 is 33.6 Å². The van der Waals surface area contributed by atoms with Crippen LogP contribution in [0, 0.1) is 0 Å². The standard InChI is InChI=1S/C27H33NO7/c1-4-33-26(30)19-20(2)7-5-6-8-25(21-9-13-24(14-10-21)34-18-17-29)35-27(31)28-22-11-15-23(32-3)16-12-22/h5,7,9-16,19,25,29H,4,6,8,17-18H2,1-3H3,(H,28,31)/b7-5+,20-19+/t25-/m0/s1. The Morgan fingerprint density at radius 2 is 1.74 bits per heavy atom. The fraction of sp³-hybridized carbons (Fsp3) is 0.333. The van der Waals surface area contributed by atoms with Crippen molar-refractivity contribution in [3.63, 3.8) is 0 Å². The Bertz CT molecular complexity index is 982. The minimum Gasteiger partial charge on any atom is -0.497 e. The Balaban J connectivity index is 2.05. The van der Waals surface area contributed by atoms with Crippen LogP contribution in [-0.4, -0.2) is 44.1 Å². The fourth-order valence-corrected chi connectivity index (χ4v) is 3.12. The van der Waals surface area contributed by atoms with Gasteiger partial charge >= 0.3 is 12.1 Å². The van der Waals surface area contributed by atoms with Gasteiger partial charge in [-0.05, 0) is 74.2 Å². The summed E-state index contributed by atoms with van der Waals surface area (Å²) >= 11 is 0. The molecule has 0 fully saturated rings. The topological polar surface area (TPSA) is 103 Å². The zero-order valence-corrected chi connectivity index (χ0v) is 20.4. The largest absolute Gasteiger partial charge is 0.497 e. The molecular weight excluding hydrogens is 450 g/mol. The van der Waals surface area contributed by atoms with E-state index >= 15 is 0 Å². The lowest BCUT2D eigenvalue weighted by Gasteiger charge is -2.19. The van der Waals surface area contributed by atoms with E-state index < -0.39 is 12.2 Å². The number of amides is 1. The van der Waals surface area contributed by atoms with Crippen LogP contribution in [0.25, 0.3) is 0 Å². The molecule has 2 N–H and O–H groups in total. The molecule has 0 aliphatic carbocycles. The minimum absolute atomic E-state index is 0.0740. The van der Waals surface area contributed by atoms with Gasteiger partial charge in [-0.15, -0.1) is 0 Å². The molecule has 1 amide bonds. The molecule has 1 atom stereocenters. The normalized spacial score (nSPS) is 12.2. The molecule has 2 rings (SSSR count). The molecule has 0 saturated carbocycles. The van der Waals surface area contributed by atoms with Crippen molar-refractivity contribution in [2.45, 2.75) is 32.8 Å². The van der Waals surface area contributed by atoms with Crippen molar-refractivity contribution >= 4 is 17.7 Å². The number of methoxy groups -OCH3 is 1. The lowest BCUT2D eigenvalue weighted by molar-refractivity contribution is -0.137. The second-order valence-corrected chi connectivity index (χ2v) is 7.51. The van der Waals surface area contributed by atoms with Crippen molar-refractivity contribution in [1.29, 1.82) is 0 Å². The van der Waals surface area contributed by atoms with Gasteiger partial charge in [0, 0.05) is 11.8 Å². The smallest absolute Gasteiger partial charge is 0.412 e. The van der Waals surface area contributed by atoms with Gasteiger partial charge in [-0.3, -0.25) is 5.32 Å². The van der Waals surface area contributed by atoms with Crippen LogP contribution in [0.5, 0.6) is 11.5 Å². The summed E-state index contributed by atoms with van der Waals surface area (Å²) < 4.78 is 21.2. The summed E-state index contributed by atoms with van der Waals surface area (Å²) in [4.78, 5) is 24.1. The number of allylic oxidation sites excluding steroid dienone is 3. The first-order valence-electron chi connectivity index (χ1n) is 11.4. The molecule has 0 radical (unpaired) electrons. The number of rotatable bonds is 13. The third-order valence-electron chi connectivity index (χ3n) is 4.81. The molecule has 0 unspecified atom stereocenters. The van der Waals surface area contributed by atoms with Crippen LogP contribution in [-0.2, 0) is 14.3 Å². The molecule has 188 valence electrons. The fourth-order valence-electron chi connectivity index (χ4n) is 3.12. The predicted molar refractivity (Wildman–Crippen MR) is 134 cm³/mol. The van der Waals surface area contributed by atoms with Gasteiger partial charge in [0.2, 0.25) is 0 Å². The molecule has 0 spiro atoms. The Morgan fingerprint density at radius 1 is 1.06 bits per heavy atom. The number of carbonyl (C=O) groups excluding carboxylic acids is 2. The first kappa shape index (κ1) is 27.5. The van der Waals surface area contributed by atoms with Crippen LogP contribution in [0.15, 0.2) is 72.3 Å². The van der Waals surface area contributed by atoms with Crippen molar-refractivity contribution in [2.24, 2.45) is 0 Å². The molecule has 0 saturated heterocycles. The quantitative estimate of drug-likeness (QED) is 0.229. The van der Waals surface area contributed by atoms with Crippen LogP contribution in [0.1, 0.15) is 38.4 Å². The van der Waals surface area contributed by atoms with E-state index in [1.165, 1.54) is 6.08 Å². The maximum absolute atomic E-state index is 12.6. The number of anilines is 1. The molecule has 0 aliphatic rings. The number of nitrogens with one attached hydrogen (secondary N) is 1. The molecule has 8 heteroatoms. The maximum atomic E-state index is 12.6. The number of benzene rings is 2. The number of hydrogen-bond acceptors (Lipinski definition) is 7. The summed E-state index contributed by atoms with van der Waals surface area (Å²) in [5.74, 6) is 0.919. The van der Waals surface area contributed by atoms with E-state index in [0.29, 0.717) is 36.6 Å². The Labute approximate surface area is 206 Å². The van der Waals surface area contributed by atoms with E-state index in [0.717, 1.165) is 11.1 Å². The third-order valence-corrected chi connectivity index (χ3v) is 4.81. The highest BCUT2D eigenvalue weighted by Gasteiger charge is 2.17. The van der Waals surface area contributed by atoms with E-state index in [2.05, 4.69) is 5.32 Å². The zero-order chi connectivity index (χ0) is 25.5. The van der Waals surface area contributed by atoms with Crippen LogP contribution < -0.4 is 14.8 Å². The SMILES string of the molecule is CCOC(=O)/C=C(C)/C=C/CC[C@H](OC(=O)Nc1ccc(OC)cc1)c1ccc(OCCO)cc1. The van der Waals surface area contributed by atoms with E-state index in [9.17, 15) is 9.59 Å². The van der Waals surface area contributed by atoms with Crippen LogP contribution in [0.3, 0.4) is 0 Å². The van der Waals surface area contributed by atoms with Crippen LogP contribution in [0.2, 0.25) is 0 Å². The first-order chi connectivity index (χ1) is 16.9. The second kappa shape index (κ2) is 15.2. The highest BCUT2D eigenvalue weighted by atomic mass is 16.6. The molecule has 0 aliphatic heterocycles. The number of hydrogen-bond donors (Lipinski definition) is 2. The molecule has 2 aromatic rings. The Morgan fingerprint density at radius 3 is 2.37 bits per heavy atom. The van der Waals surface area contributed by atoms with Crippen molar-refractivity contribution in [3.8, 4) is 11.5 Å². The lowest BCUT2D eigenvalue weighted by atomic mass is 10.0. The first-order valence-corrected chi connectivity index (χ1v) is 11.4. The molecular formula is C27H33NO7. The van der Waals surface area contributed by atoms with Crippen molar-refractivity contribution in [3.05, 3.63) is 77.9 Å². The van der Waals surface area contributed by atoms with Gasteiger partial charge < -0.3 is 24.1 Å². The molecule has 0 bridgehead atoms. The van der Waals surface area contributed by atoms with Gasteiger partial charge in [-0.1, -0.05) is 24.3 Å². The van der Waals surface area contributed by atoms with Crippen LogP contribution in [0.4, 0.5) is 10.5 Å². The van der Waals surface area contributed by atoms with Gasteiger partial charge in [-0.25, -0.2) is 9.59 Å². The molecule has 0 heterocycles. The van der Waals surface area contributed by atoms with E-state index in [1.54, 1.807) is 50.4 Å². The number of aliphatic hydroxyl groups is 1. The second-order valence-electron chi connectivity index (χ2n) is 7.51. The average molecular weight is 484 g/mol. The van der Waals surface area contributed by atoms with E-state index in [4.69, 9.17) is 24.1 Å². The summed E-state index contributed by atoms with van der Waals surface area (Å²) in [5, 5.41) is 11.6. The highest BCUT2D eigenvalue weighted by Crippen LogP contribution is 2.26. The number of esters is 1. The predicted octanol–water partition coefficient (Wildman–Crippen LogP) is 5.20. The summed E-state index contributed by atoms with van der Waals surface area (Å²) in [6.45, 7) is 4.03. The Kier molecular flexibility index (Phi) is 11.9. The number of carbonyl (C=O) groups is 2. The van der Waals surface area contributed by atoms with Gasteiger partial charge in [0.1, 0.15) is 24.2 Å². The van der Waals surface area contributed by atoms with Gasteiger partial charge in [0.15, 0.2) is 0 Å². The third kappa shape index (κ3) is 10.4. The van der Waals surface area contributed by atoms with Gasteiger partial charge in [0.05, 0.1) is 20.3 Å². The van der Waals surface area contributed by atoms with E-state index in [1.807, 2.05) is 31.2 Å². The summed E-state index contributed by atoms with van der Waals surface area (Å²) in [6.07, 6.45) is 5.22. The zero-order valence-electron chi connectivity index (χ0n) is 20.4. The highest BCUT2D eigenvalue weighted by molar-refractivity contribution is 5.85. The Hall–Kier alpha value is -3.78. The van der Waals surface area contributed by atoms with Crippen molar-refractivity contribution in [2.75, 3.05) is 32.2 Å². The summed E-state index contributed by atoms with van der Waals surface area (Å²) in [7, 11) is 1.57. The monoisotopic (exact) mass is 483 g/mol.